The number of nitrogen functional groups attached to an aromatic ring is 2. The van der Waals surface area contributed by atoms with Crippen LogP contribution in [0.2, 0.25) is 5.02 Å². The van der Waals surface area contributed by atoms with Crippen molar-refractivity contribution < 1.29 is 22.6 Å². The second-order valence-corrected chi connectivity index (χ2v) is 13.8. The Kier molecular flexibility index (Phi) is 9.42. The maximum Gasteiger partial charge on any atom is 0.318 e. The fourth-order valence-corrected chi connectivity index (χ4v) is 8.59. The molecule has 0 aliphatic carbocycles. The Morgan fingerprint density at radius 1 is 1.22 bits per heavy atom. The molecule has 3 aromatic heterocycles. The maximum absolute atomic E-state index is 16.7. The van der Waals surface area contributed by atoms with E-state index in [9.17, 15) is 14.0 Å². The molecule has 8 rings (SSSR count). The van der Waals surface area contributed by atoms with Gasteiger partial charge in [-0.2, -0.15) is 15.2 Å². The van der Waals surface area contributed by atoms with Gasteiger partial charge in [0.25, 0.3) is 0 Å². The molecule has 6 heterocycles. The van der Waals surface area contributed by atoms with Crippen LogP contribution < -0.4 is 25.8 Å². The van der Waals surface area contributed by atoms with Gasteiger partial charge in [-0.25, -0.2) is 18.2 Å². The van der Waals surface area contributed by atoms with E-state index in [0.717, 1.165) is 24.3 Å². The summed E-state index contributed by atoms with van der Waals surface area (Å²) < 4.78 is 55.8. The molecule has 0 saturated carbocycles. The molecule has 0 radical (unpaired) electrons. The van der Waals surface area contributed by atoms with Crippen molar-refractivity contribution >= 4 is 60.6 Å². The number of alkyl halides is 1. The number of fused-ring (bicyclic) bond motifs is 2. The lowest BCUT2D eigenvalue weighted by molar-refractivity contribution is 0.292. The summed E-state index contributed by atoms with van der Waals surface area (Å²) in [6.45, 7) is 2.22. The second-order valence-electron chi connectivity index (χ2n) is 12.4. The zero-order chi connectivity index (χ0) is 36.0. The molecule has 2 aromatic carbocycles. The van der Waals surface area contributed by atoms with E-state index in [2.05, 4.69) is 25.8 Å². The monoisotopic (exact) mass is 732 g/mol. The Morgan fingerprint density at radius 2 is 2.04 bits per heavy atom. The summed E-state index contributed by atoms with van der Waals surface area (Å²) in [5, 5.41) is 10.1. The average Bonchev–Trinajstić information content (AvgIpc) is 3.77. The van der Waals surface area contributed by atoms with E-state index < -0.39 is 23.8 Å². The zero-order valence-electron chi connectivity index (χ0n) is 27.4. The minimum absolute atomic E-state index is 0.0187. The summed E-state index contributed by atoms with van der Waals surface area (Å²) >= 11 is 7.81. The Bertz CT molecular complexity index is 2240. The number of benzene rings is 2. The van der Waals surface area contributed by atoms with E-state index in [4.69, 9.17) is 39.0 Å². The number of nitrogens with two attached hydrogens (primary N) is 2. The molecule has 3 atom stereocenters. The highest BCUT2D eigenvalue weighted by atomic mass is 35.5. The molecule has 15 heteroatoms. The van der Waals surface area contributed by atoms with Crippen LogP contribution in [0.3, 0.4) is 0 Å². The third-order valence-electron chi connectivity index (χ3n) is 9.55. The van der Waals surface area contributed by atoms with E-state index in [1.54, 1.807) is 12.3 Å². The van der Waals surface area contributed by atoms with E-state index in [0.29, 0.717) is 18.2 Å². The van der Waals surface area contributed by atoms with Gasteiger partial charge in [-0.15, -0.1) is 23.7 Å². The zero-order valence-corrected chi connectivity index (χ0v) is 29.0. The quantitative estimate of drug-likeness (QED) is 0.181. The number of pyridine rings is 1. The topological polar surface area (TPSA) is 139 Å². The van der Waals surface area contributed by atoms with Crippen molar-refractivity contribution in [1.82, 2.24) is 19.9 Å². The van der Waals surface area contributed by atoms with Crippen LogP contribution >= 0.6 is 22.9 Å². The van der Waals surface area contributed by atoms with Crippen LogP contribution in [0.5, 0.6) is 11.8 Å². The van der Waals surface area contributed by atoms with Crippen molar-refractivity contribution in [3.8, 4) is 41.3 Å². The van der Waals surface area contributed by atoms with Crippen molar-refractivity contribution in [2.75, 3.05) is 49.7 Å². The largest absolute Gasteiger partial charge is 0.489 e. The number of nitrogens with zero attached hydrogens (tertiary/aromatic N) is 6. The number of aromatic nitrogens is 3. The molecular formula is C36H32ClF3N8O2S. The van der Waals surface area contributed by atoms with Crippen LogP contribution in [0.25, 0.3) is 32.1 Å². The number of anilines is 3. The molecule has 0 bridgehead atoms. The number of terminal acetylenes is 1. The summed E-state index contributed by atoms with van der Waals surface area (Å²) in [5.41, 5.74) is 12.8. The van der Waals surface area contributed by atoms with Crippen LogP contribution in [0.15, 0.2) is 30.5 Å². The third kappa shape index (κ3) is 5.97. The van der Waals surface area contributed by atoms with Crippen molar-refractivity contribution in [2.24, 2.45) is 0 Å². The van der Waals surface area contributed by atoms with Gasteiger partial charge in [0.15, 0.2) is 11.6 Å². The first-order valence-corrected chi connectivity index (χ1v) is 17.4. The van der Waals surface area contributed by atoms with Crippen LogP contribution in [-0.2, 0) is 0 Å². The summed E-state index contributed by atoms with van der Waals surface area (Å²) in [6.07, 6.45) is 10.4. The molecule has 0 spiro atoms. The number of methoxy groups -OCH3 is 1. The Morgan fingerprint density at radius 3 is 2.76 bits per heavy atom. The first-order chi connectivity index (χ1) is 24.7. The molecule has 2 fully saturated rings. The van der Waals surface area contributed by atoms with Gasteiger partial charge in [-0.3, -0.25) is 4.90 Å². The molecule has 51 heavy (non-hydrogen) atoms. The minimum Gasteiger partial charge on any atom is -0.489 e. The van der Waals surface area contributed by atoms with E-state index >= 15 is 4.39 Å². The van der Waals surface area contributed by atoms with Gasteiger partial charge in [-0.1, -0.05) is 23.7 Å². The number of hydrogen-bond acceptors (Lipinski definition) is 11. The molecule has 3 unspecified atom stereocenters. The average molecular weight is 733 g/mol. The molecule has 0 amide bonds. The molecule has 10 nitrogen and oxygen atoms in total. The molecule has 2 saturated heterocycles. The fourth-order valence-electron chi connectivity index (χ4n) is 7.31. The van der Waals surface area contributed by atoms with Crippen LogP contribution in [0, 0.1) is 35.3 Å². The van der Waals surface area contributed by atoms with Gasteiger partial charge in [-0.05, 0) is 43.5 Å². The predicted octanol–water partition coefficient (Wildman–Crippen LogP) is 7.04. The van der Waals surface area contributed by atoms with Gasteiger partial charge in [0.2, 0.25) is 0 Å². The number of nitriles is 1. The fraction of sp³-hybridized carbons (Fsp3) is 0.333. The lowest BCUT2D eigenvalue weighted by Gasteiger charge is -2.31. The Labute approximate surface area is 300 Å². The molecule has 5 aromatic rings. The van der Waals surface area contributed by atoms with Gasteiger partial charge >= 0.3 is 6.01 Å². The van der Waals surface area contributed by atoms with Gasteiger partial charge in [0.05, 0.1) is 40.4 Å². The Balaban J connectivity index is 0.000000389. The van der Waals surface area contributed by atoms with Crippen LogP contribution in [0.4, 0.5) is 29.8 Å². The molecular weight excluding hydrogens is 701 g/mol. The highest BCUT2D eigenvalue weighted by Gasteiger charge is 2.36. The van der Waals surface area contributed by atoms with Crippen LogP contribution in [-0.4, -0.2) is 65.4 Å². The summed E-state index contributed by atoms with van der Waals surface area (Å²) in [6, 6.07) is 8.05. The number of hydrogen-bond donors (Lipinski definition) is 2. The molecule has 3 aliphatic rings. The SMILES string of the molecule is C#CCC(c1cccnc1N)N1CCOc2c(Cl)c(-c3ccc(F)c4sc(N)c(C#N)c34)c(F)c3nc(OC)nc1c23.FC1CC2CCCN2C1. The smallest absolute Gasteiger partial charge is 0.318 e. The second kappa shape index (κ2) is 13.9. The summed E-state index contributed by atoms with van der Waals surface area (Å²) in [4.78, 5) is 17.2. The van der Waals surface area contributed by atoms with Crippen LogP contribution in [0.1, 0.15) is 42.9 Å². The van der Waals surface area contributed by atoms with Gasteiger partial charge in [0, 0.05) is 41.7 Å². The van der Waals surface area contributed by atoms with Gasteiger partial charge < -0.3 is 25.8 Å². The number of thiophene rings is 1. The number of rotatable bonds is 5. The lowest BCUT2D eigenvalue weighted by Crippen LogP contribution is -2.33. The standard InChI is InChI=1S/C29H20ClF2N7O2S.C7H12FN/c1-3-5-17(13-6-4-9-36-26(13)34)39-10-11-41-24-20-23(37-29(40-2)38-28(20)39)22(32)19(21(24)30)14-7-8-16(31)25-18(14)15(12-33)27(35)42-25;8-6-4-7-2-1-3-9(7)5-6/h1,4,6-9,17H,5,10-11,35H2,2H3,(H2,34,36);6-7H,1-5H2. The third-order valence-corrected chi connectivity index (χ3v) is 10.9. The van der Waals surface area contributed by atoms with E-state index in [1.165, 1.54) is 32.1 Å². The normalized spacial score (nSPS) is 18.7. The van der Waals surface area contributed by atoms with Crippen molar-refractivity contribution in [2.45, 2.75) is 43.9 Å². The minimum atomic E-state index is -0.845. The lowest BCUT2D eigenvalue weighted by atomic mass is 9.96. The molecule has 262 valence electrons. The summed E-state index contributed by atoms with van der Waals surface area (Å²) in [5.74, 6) is 1.89. The highest BCUT2D eigenvalue weighted by Crippen LogP contribution is 2.51. The van der Waals surface area contributed by atoms with Crippen molar-refractivity contribution in [1.29, 1.82) is 5.26 Å². The van der Waals surface area contributed by atoms with Crippen molar-refractivity contribution in [3.05, 3.63) is 58.2 Å². The number of ether oxygens (including phenoxy) is 2. The van der Waals surface area contributed by atoms with Gasteiger partial charge in [0.1, 0.15) is 46.8 Å². The first kappa shape index (κ1) is 34.4. The number of halogens is 4. The predicted molar refractivity (Wildman–Crippen MR) is 193 cm³/mol. The molecule has 4 N–H and O–H groups in total. The Hall–Kier alpha value is -5.02. The maximum atomic E-state index is 16.7. The van der Waals surface area contributed by atoms with E-state index in [1.807, 2.05) is 17.0 Å². The summed E-state index contributed by atoms with van der Waals surface area (Å²) in [7, 11) is 1.36. The molecule has 3 aliphatic heterocycles. The van der Waals surface area contributed by atoms with E-state index in [-0.39, 0.29) is 90.7 Å². The van der Waals surface area contributed by atoms with Crippen molar-refractivity contribution in [3.63, 3.8) is 0 Å². The highest BCUT2D eigenvalue weighted by molar-refractivity contribution is 7.23. The first-order valence-electron chi connectivity index (χ1n) is 16.3.